The summed E-state index contributed by atoms with van der Waals surface area (Å²) in [6, 6.07) is 9.73. The molecule has 0 spiro atoms. The number of amides is 1. The molecule has 148 valence electrons. The van der Waals surface area contributed by atoms with Gasteiger partial charge in [0.1, 0.15) is 12.4 Å². The molecule has 4 atom stereocenters. The van der Waals surface area contributed by atoms with Gasteiger partial charge in [-0.1, -0.05) is 12.1 Å². The molecule has 1 aromatic rings. The van der Waals surface area contributed by atoms with E-state index in [0.29, 0.717) is 30.5 Å². The van der Waals surface area contributed by atoms with Gasteiger partial charge >= 0.3 is 0 Å². The summed E-state index contributed by atoms with van der Waals surface area (Å²) >= 11 is 0. The third kappa shape index (κ3) is 3.85. The number of hydrogen-bond acceptors (Lipinski definition) is 4. The molecule has 0 aliphatic carbocycles. The highest BCUT2D eigenvalue weighted by atomic mass is 16.5. The van der Waals surface area contributed by atoms with Gasteiger partial charge in [0.05, 0.1) is 7.11 Å². The Labute approximate surface area is 162 Å². The lowest BCUT2D eigenvalue weighted by Crippen LogP contribution is -2.60. The molecule has 3 aliphatic rings. The first kappa shape index (κ1) is 18.8. The van der Waals surface area contributed by atoms with Crippen LogP contribution in [0.3, 0.4) is 0 Å². The number of nitrogens with zero attached hydrogens (tertiary/aromatic N) is 2. The second-order valence-corrected chi connectivity index (χ2v) is 8.28. The number of likely N-dealkylation sites (tertiary alicyclic amines) is 1. The predicted molar refractivity (Wildman–Crippen MR) is 105 cm³/mol. The van der Waals surface area contributed by atoms with Gasteiger partial charge in [-0.2, -0.15) is 0 Å². The molecule has 3 saturated heterocycles. The zero-order valence-corrected chi connectivity index (χ0v) is 16.6. The highest BCUT2D eigenvalue weighted by molar-refractivity contribution is 5.77. The largest absolute Gasteiger partial charge is 0.497 e. The number of ether oxygens (including phenoxy) is 2. The van der Waals surface area contributed by atoms with Gasteiger partial charge in [0.15, 0.2) is 0 Å². The second-order valence-electron chi connectivity index (χ2n) is 8.28. The third-order valence-corrected chi connectivity index (χ3v) is 6.67. The standard InChI is InChI=1S/C22H32N2O3/c1-3-27-15-22(25)23-12-16-11-18(14-23)21-6-4-5-20(24(21)13-16)17-7-9-19(26-2)10-8-17/h7-10,16,18,20-21H,3-6,11-15H2,1-2H3/t16-,18+,20+,21-/m0/s1. The maximum Gasteiger partial charge on any atom is 0.248 e. The van der Waals surface area contributed by atoms with Gasteiger partial charge in [0.2, 0.25) is 5.91 Å². The highest BCUT2D eigenvalue weighted by Crippen LogP contribution is 2.44. The Kier molecular flexibility index (Phi) is 5.69. The van der Waals surface area contributed by atoms with Crippen LogP contribution >= 0.6 is 0 Å². The van der Waals surface area contributed by atoms with Crippen LogP contribution in [0.15, 0.2) is 24.3 Å². The zero-order chi connectivity index (χ0) is 18.8. The summed E-state index contributed by atoms with van der Waals surface area (Å²) < 4.78 is 10.7. The van der Waals surface area contributed by atoms with Crippen molar-refractivity contribution >= 4 is 5.91 Å². The lowest BCUT2D eigenvalue weighted by atomic mass is 9.74. The zero-order valence-electron chi connectivity index (χ0n) is 16.6. The molecule has 5 heteroatoms. The summed E-state index contributed by atoms with van der Waals surface area (Å²) in [4.78, 5) is 17.3. The molecule has 0 aromatic heterocycles. The molecule has 0 unspecified atom stereocenters. The van der Waals surface area contributed by atoms with Crippen LogP contribution in [0.5, 0.6) is 5.75 Å². The molecule has 27 heavy (non-hydrogen) atoms. The molecule has 5 nitrogen and oxygen atoms in total. The van der Waals surface area contributed by atoms with Crippen LogP contribution in [0.2, 0.25) is 0 Å². The first-order valence-electron chi connectivity index (χ1n) is 10.4. The first-order chi connectivity index (χ1) is 13.2. The molecule has 3 aliphatic heterocycles. The van der Waals surface area contributed by atoms with Crippen LogP contribution in [0.4, 0.5) is 0 Å². The summed E-state index contributed by atoms with van der Waals surface area (Å²) in [5.41, 5.74) is 1.41. The molecule has 0 N–H and O–H groups in total. The van der Waals surface area contributed by atoms with Gasteiger partial charge < -0.3 is 14.4 Å². The third-order valence-electron chi connectivity index (χ3n) is 6.67. The lowest BCUT2D eigenvalue weighted by molar-refractivity contribution is -0.143. The smallest absolute Gasteiger partial charge is 0.248 e. The maximum atomic E-state index is 12.5. The quantitative estimate of drug-likeness (QED) is 0.796. The molecule has 3 heterocycles. The average molecular weight is 373 g/mol. The van der Waals surface area contributed by atoms with E-state index in [1.807, 2.05) is 6.92 Å². The van der Waals surface area contributed by atoms with Crippen molar-refractivity contribution in [3.8, 4) is 5.75 Å². The number of benzene rings is 1. The summed E-state index contributed by atoms with van der Waals surface area (Å²) in [6.07, 6.45) is 5.04. The van der Waals surface area contributed by atoms with Crippen molar-refractivity contribution in [2.45, 2.75) is 44.7 Å². The highest BCUT2D eigenvalue weighted by Gasteiger charge is 2.45. The van der Waals surface area contributed by atoms with Crippen LogP contribution in [0.25, 0.3) is 0 Å². The molecule has 2 bridgehead atoms. The van der Waals surface area contributed by atoms with E-state index < -0.39 is 0 Å². The van der Waals surface area contributed by atoms with Crippen molar-refractivity contribution in [3.05, 3.63) is 29.8 Å². The molecule has 1 amide bonds. The van der Waals surface area contributed by atoms with Crippen LogP contribution in [-0.4, -0.2) is 61.7 Å². The van der Waals surface area contributed by atoms with Crippen molar-refractivity contribution < 1.29 is 14.3 Å². The van der Waals surface area contributed by atoms with E-state index in [1.165, 1.54) is 31.2 Å². The molecule has 1 aromatic carbocycles. The number of hydrogen-bond donors (Lipinski definition) is 0. The number of methoxy groups -OCH3 is 1. The Morgan fingerprint density at radius 1 is 1.15 bits per heavy atom. The number of fused-ring (bicyclic) bond motifs is 4. The van der Waals surface area contributed by atoms with Gasteiger partial charge in [-0.3, -0.25) is 9.69 Å². The molecular weight excluding hydrogens is 340 g/mol. The fourth-order valence-corrected chi connectivity index (χ4v) is 5.48. The van der Waals surface area contributed by atoms with E-state index in [4.69, 9.17) is 9.47 Å². The van der Waals surface area contributed by atoms with E-state index in [0.717, 1.165) is 25.4 Å². The summed E-state index contributed by atoms with van der Waals surface area (Å²) in [5, 5.41) is 0. The van der Waals surface area contributed by atoms with E-state index in [1.54, 1.807) is 7.11 Å². The van der Waals surface area contributed by atoms with Crippen LogP contribution in [0.1, 0.15) is 44.2 Å². The summed E-state index contributed by atoms with van der Waals surface area (Å²) in [6.45, 7) is 5.68. The summed E-state index contributed by atoms with van der Waals surface area (Å²) in [5.74, 6) is 2.28. The Bertz CT molecular complexity index is 647. The van der Waals surface area contributed by atoms with Crippen LogP contribution in [-0.2, 0) is 9.53 Å². The SMILES string of the molecule is CCOCC(=O)N1C[C@@H]2C[C@H](C1)[C@@H]1CCC[C@H](c3ccc(OC)cc3)N1C2. The van der Waals surface area contributed by atoms with Crippen molar-refractivity contribution in [2.75, 3.05) is 40.0 Å². The van der Waals surface area contributed by atoms with Gasteiger partial charge in [-0.25, -0.2) is 0 Å². The minimum atomic E-state index is 0.169. The summed E-state index contributed by atoms with van der Waals surface area (Å²) in [7, 11) is 1.72. The van der Waals surface area contributed by atoms with E-state index in [2.05, 4.69) is 34.1 Å². The lowest BCUT2D eigenvalue weighted by Gasteiger charge is -2.55. The minimum absolute atomic E-state index is 0.169. The van der Waals surface area contributed by atoms with Crippen molar-refractivity contribution in [2.24, 2.45) is 11.8 Å². The van der Waals surface area contributed by atoms with Crippen LogP contribution in [0, 0.1) is 11.8 Å². The number of carbonyl (C=O) groups excluding carboxylic acids is 1. The fraction of sp³-hybridized carbons (Fsp3) is 0.682. The number of piperidine rings is 3. The molecule has 0 saturated carbocycles. The Morgan fingerprint density at radius 2 is 1.96 bits per heavy atom. The topological polar surface area (TPSA) is 42.0 Å². The van der Waals surface area contributed by atoms with Crippen molar-refractivity contribution in [1.29, 1.82) is 0 Å². The van der Waals surface area contributed by atoms with E-state index in [-0.39, 0.29) is 12.5 Å². The second kappa shape index (κ2) is 8.19. The van der Waals surface area contributed by atoms with E-state index >= 15 is 0 Å². The van der Waals surface area contributed by atoms with Gasteiger partial charge in [-0.05, 0) is 62.1 Å². The van der Waals surface area contributed by atoms with Gasteiger partial charge in [-0.15, -0.1) is 0 Å². The van der Waals surface area contributed by atoms with Gasteiger partial charge in [0, 0.05) is 38.3 Å². The maximum absolute atomic E-state index is 12.5. The Balaban J connectivity index is 1.48. The molecule has 0 radical (unpaired) electrons. The Morgan fingerprint density at radius 3 is 2.70 bits per heavy atom. The molecule has 4 rings (SSSR count). The van der Waals surface area contributed by atoms with Gasteiger partial charge in [0.25, 0.3) is 0 Å². The molecular formula is C22H32N2O3. The van der Waals surface area contributed by atoms with Crippen LogP contribution < -0.4 is 4.74 Å². The number of carbonyl (C=O) groups is 1. The van der Waals surface area contributed by atoms with E-state index in [9.17, 15) is 4.79 Å². The first-order valence-corrected chi connectivity index (χ1v) is 10.4. The predicted octanol–water partition coefficient (Wildman–Crippen LogP) is 3.11. The number of rotatable bonds is 5. The fourth-order valence-electron chi connectivity index (χ4n) is 5.48. The average Bonchev–Trinajstić information content (AvgIpc) is 2.71. The Hall–Kier alpha value is -1.59. The monoisotopic (exact) mass is 372 g/mol. The van der Waals surface area contributed by atoms with Crippen molar-refractivity contribution in [3.63, 3.8) is 0 Å². The molecule has 3 fully saturated rings. The van der Waals surface area contributed by atoms with Crippen molar-refractivity contribution in [1.82, 2.24) is 9.80 Å². The normalized spacial score (nSPS) is 30.7. The minimum Gasteiger partial charge on any atom is -0.497 e.